The number of nitrogens with one attached hydrogen (secondary N) is 2. The minimum atomic E-state index is -0.386. The fourth-order valence-corrected chi connectivity index (χ4v) is 2.44. The van der Waals surface area contributed by atoms with Gasteiger partial charge in [-0.25, -0.2) is 4.98 Å². The van der Waals surface area contributed by atoms with Crippen LogP contribution in [0.25, 0.3) is 0 Å². The summed E-state index contributed by atoms with van der Waals surface area (Å²) in [5.74, 6) is 0.754. The van der Waals surface area contributed by atoms with Crippen LogP contribution in [0.3, 0.4) is 0 Å². The summed E-state index contributed by atoms with van der Waals surface area (Å²) in [4.78, 5) is 28.6. The maximum atomic E-state index is 12.4. The Hall–Kier alpha value is -2.83. The molecule has 2 amide bonds. The highest BCUT2D eigenvalue weighted by Crippen LogP contribution is 2.28. The molecule has 1 aromatic carbocycles. The molecule has 1 heterocycles. The monoisotopic (exact) mass is 359 g/mol. The second-order valence-electron chi connectivity index (χ2n) is 5.90. The Labute approximate surface area is 153 Å². The van der Waals surface area contributed by atoms with E-state index in [0.29, 0.717) is 41.6 Å². The molecule has 0 aliphatic heterocycles. The Kier molecular flexibility index (Phi) is 6.77. The lowest BCUT2D eigenvalue weighted by Crippen LogP contribution is -2.14. The van der Waals surface area contributed by atoms with Gasteiger partial charge in [0.25, 0.3) is 5.91 Å². The average Bonchev–Trinajstić information content (AvgIpc) is 3.01. The largest absolute Gasteiger partial charge is 0.495 e. The molecular weight excluding hydrogens is 334 g/mol. The summed E-state index contributed by atoms with van der Waals surface area (Å²) in [6.07, 6.45) is 2.81. The first-order valence-corrected chi connectivity index (χ1v) is 8.74. The van der Waals surface area contributed by atoms with E-state index in [1.165, 1.54) is 7.11 Å². The van der Waals surface area contributed by atoms with Gasteiger partial charge in [0.05, 0.1) is 18.5 Å². The molecule has 1 aromatic heterocycles. The van der Waals surface area contributed by atoms with Gasteiger partial charge in [-0.15, -0.1) is 0 Å². The number of unbranched alkanes of at least 4 members (excludes halogenated alkanes) is 1. The predicted molar refractivity (Wildman–Crippen MR) is 99.7 cm³/mol. The second-order valence-corrected chi connectivity index (χ2v) is 5.90. The molecular formula is C19H25N3O4. The number of methoxy groups -OCH3 is 1. The number of hydrogen-bond acceptors (Lipinski definition) is 5. The van der Waals surface area contributed by atoms with Crippen molar-refractivity contribution >= 4 is 23.2 Å². The van der Waals surface area contributed by atoms with Crippen molar-refractivity contribution in [1.82, 2.24) is 4.98 Å². The Morgan fingerprint density at radius 2 is 2.00 bits per heavy atom. The maximum absolute atomic E-state index is 12.4. The van der Waals surface area contributed by atoms with Gasteiger partial charge in [0.1, 0.15) is 5.75 Å². The van der Waals surface area contributed by atoms with Gasteiger partial charge in [-0.2, -0.15) is 0 Å². The van der Waals surface area contributed by atoms with Crippen LogP contribution < -0.4 is 15.4 Å². The van der Waals surface area contributed by atoms with Crippen molar-refractivity contribution in [3.63, 3.8) is 0 Å². The molecule has 2 N–H and O–H groups in total. The zero-order chi connectivity index (χ0) is 19.1. The average molecular weight is 359 g/mol. The summed E-state index contributed by atoms with van der Waals surface area (Å²) in [6.45, 7) is 5.66. The zero-order valence-electron chi connectivity index (χ0n) is 15.6. The summed E-state index contributed by atoms with van der Waals surface area (Å²) in [5, 5.41) is 5.59. The molecule has 2 rings (SSSR count). The summed E-state index contributed by atoms with van der Waals surface area (Å²) >= 11 is 0. The molecule has 0 atom stereocenters. The molecule has 0 spiro atoms. The Balaban J connectivity index is 2.16. The van der Waals surface area contributed by atoms with Crippen molar-refractivity contribution < 1.29 is 18.7 Å². The number of aromatic nitrogens is 1. The van der Waals surface area contributed by atoms with E-state index in [-0.39, 0.29) is 17.6 Å². The number of aryl methyl sites for hydroxylation is 2. The molecule has 0 saturated heterocycles. The normalized spacial score (nSPS) is 10.5. The SMILES string of the molecule is CCCCC(=O)Nc1cc(NC(=O)c2oc(CC)nc2C)ccc1OC. The predicted octanol–water partition coefficient (Wildman–Crippen LogP) is 3.94. The van der Waals surface area contributed by atoms with Crippen LogP contribution in [0.15, 0.2) is 22.6 Å². The lowest BCUT2D eigenvalue weighted by molar-refractivity contribution is -0.116. The molecule has 0 radical (unpaired) electrons. The Bertz CT molecular complexity index is 783. The van der Waals surface area contributed by atoms with E-state index in [1.54, 1.807) is 25.1 Å². The van der Waals surface area contributed by atoms with E-state index >= 15 is 0 Å². The molecule has 140 valence electrons. The molecule has 2 aromatic rings. The lowest BCUT2D eigenvalue weighted by atomic mass is 10.2. The first kappa shape index (κ1) is 19.5. The topological polar surface area (TPSA) is 93.5 Å². The minimum Gasteiger partial charge on any atom is -0.495 e. The van der Waals surface area contributed by atoms with Gasteiger partial charge in [0, 0.05) is 18.5 Å². The Morgan fingerprint density at radius 1 is 1.23 bits per heavy atom. The Morgan fingerprint density at radius 3 is 2.62 bits per heavy atom. The lowest BCUT2D eigenvalue weighted by Gasteiger charge is -2.12. The molecule has 0 fully saturated rings. The van der Waals surface area contributed by atoms with E-state index in [2.05, 4.69) is 15.6 Å². The van der Waals surface area contributed by atoms with Gasteiger partial charge in [-0.1, -0.05) is 20.3 Å². The van der Waals surface area contributed by atoms with Crippen molar-refractivity contribution in [2.45, 2.75) is 46.5 Å². The first-order chi connectivity index (χ1) is 12.5. The van der Waals surface area contributed by atoms with Crippen molar-refractivity contribution in [3.05, 3.63) is 35.5 Å². The number of benzene rings is 1. The highest BCUT2D eigenvalue weighted by atomic mass is 16.5. The summed E-state index contributed by atoms with van der Waals surface area (Å²) in [7, 11) is 1.53. The van der Waals surface area contributed by atoms with E-state index in [9.17, 15) is 9.59 Å². The van der Waals surface area contributed by atoms with Gasteiger partial charge < -0.3 is 19.8 Å². The smallest absolute Gasteiger partial charge is 0.293 e. The molecule has 0 aliphatic rings. The van der Waals surface area contributed by atoms with Gasteiger partial charge in [0.15, 0.2) is 5.89 Å². The highest BCUT2D eigenvalue weighted by Gasteiger charge is 2.18. The molecule has 7 heteroatoms. The fraction of sp³-hybridized carbons (Fsp3) is 0.421. The van der Waals surface area contributed by atoms with Gasteiger partial charge in [-0.3, -0.25) is 9.59 Å². The number of ether oxygens (including phenoxy) is 1. The number of carbonyl (C=O) groups is 2. The van der Waals surface area contributed by atoms with Crippen LogP contribution in [0.4, 0.5) is 11.4 Å². The van der Waals surface area contributed by atoms with Crippen LogP contribution in [0, 0.1) is 6.92 Å². The van der Waals surface area contributed by atoms with Crippen molar-refractivity contribution in [1.29, 1.82) is 0 Å². The van der Waals surface area contributed by atoms with Crippen molar-refractivity contribution in [2.24, 2.45) is 0 Å². The zero-order valence-corrected chi connectivity index (χ0v) is 15.6. The second kappa shape index (κ2) is 9.03. The third-order valence-electron chi connectivity index (χ3n) is 3.84. The molecule has 7 nitrogen and oxygen atoms in total. The molecule has 0 bridgehead atoms. The molecule has 0 aliphatic carbocycles. The van der Waals surface area contributed by atoms with E-state index in [4.69, 9.17) is 9.15 Å². The van der Waals surface area contributed by atoms with E-state index in [0.717, 1.165) is 12.8 Å². The van der Waals surface area contributed by atoms with Gasteiger partial charge >= 0.3 is 0 Å². The standard InChI is InChI=1S/C19H25N3O4/c1-5-7-8-16(23)22-14-11-13(9-10-15(14)25-4)21-19(24)18-12(3)20-17(6-2)26-18/h9-11H,5-8H2,1-4H3,(H,21,24)(H,22,23). The molecule has 0 unspecified atom stereocenters. The van der Waals surface area contributed by atoms with Gasteiger partial charge in [0.2, 0.25) is 11.7 Å². The van der Waals surface area contributed by atoms with Crippen molar-refractivity contribution in [2.75, 3.05) is 17.7 Å². The summed E-state index contributed by atoms with van der Waals surface area (Å²) in [6, 6.07) is 5.05. The van der Waals surface area contributed by atoms with Crippen LogP contribution >= 0.6 is 0 Å². The van der Waals surface area contributed by atoms with Gasteiger partial charge in [-0.05, 0) is 31.5 Å². The highest BCUT2D eigenvalue weighted by molar-refractivity contribution is 6.03. The maximum Gasteiger partial charge on any atom is 0.293 e. The number of oxazole rings is 1. The van der Waals surface area contributed by atoms with E-state index in [1.807, 2.05) is 13.8 Å². The van der Waals surface area contributed by atoms with E-state index < -0.39 is 0 Å². The summed E-state index contributed by atoms with van der Waals surface area (Å²) < 4.78 is 10.7. The number of nitrogens with zero attached hydrogens (tertiary/aromatic N) is 1. The van der Waals surface area contributed by atoms with Crippen LogP contribution in [0.2, 0.25) is 0 Å². The fourth-order valence-electron chi connectivity index (χ4n) is 2.44. The first-order valence-electron chi connectivity index (χ1n) is 8.74. The number of hydrogen-bond donors (Lipinski definition) is 2. The van der Waals surface area contributed by atoms with Crippen LogP contribution in [-0.4, -0.2) is 23.9 Å². The number of anilines is 2. The third-order valence-corrected chi connectivity index (χ3v) is 3.84. The quantitative estimate of drug-likeness (QED) is 0.745. The minimum absolute atomic E-state index is 0.0905. The number of rotatable bonds is 8. The van der Waals surface area contributed by atoms with Crippen LogP contribution in [0.1, 0.15) is 55.2 Å². The molecule has 0 saturated carbocycles. The molecule has 26 heavy (non-hydrogen) atoms. The third kappa shape index (κ3) is 4.84. The van der Waals surface area contributed by atoms with Crippen LogP contribution in [-0.2, 0) is 11.2 Å². The van der Waals surface area contributed by atoms with Crippen LogP contribution in [0.5, 0.6) is 5.75 Å². The van der Waals surface area contributed by atoms with Crippen molar-refractivity contribution in [3.8, 4) is 5.75 Å². The number of carbonyl (C=O) groups excluding carboxylic acids is 2. The summed E-state index contributed by atoms with van der Waals surface area (Å²) in [5.41, 5.74) is 1.58. The number of amides is 2.